The number of thiophene rings is 1. The molecule has 1 aromatic carbocycles. The lowest BCUT2D eigenvalue weighted by Crippen LogP contribution is -2.15. The number of ether oxygens (including phenoxy) is 1. The summed E-state index contributed by atoms with van der Waals surface area (Å²) in [5.74, 6) is -0.636. The number of hydrogen-bond acceptors (Lipinski definition) is 4. The number of aryl methyl sites for hydroxylation is 1. The molecule has 136 valence electrons. The van der Waals surface area contributed by atoms with Gasteiger partial charge in [0, 0.05) is 4.88 Å². The van der Waals surface area contributed by atoms with Gasteiger partial charge < -0.3 is 10.1 Å². The Labute approximate surface area is 165 Å². The van der Waals surface area contributed by atoms with E-state index in [0.717, 1.165) is 36.8 Å². The van der Waals surface area contributed by atoms with Crippen LogP contribution in [0, 0.1) is 0 Å². The molecule has 4 nitrogen and oxygen atoms in total. The molecule has 2 aromatic rings. The maximum atomic E-state index is 12.6. The predicted molar refractivity (Wildman–Crippen MR) is 109 cm³/mol. The monoisotopic (exact) mass is 433 g/mol. The Morgan fingerprint density at radius 3 is 2.69 bits per heavy atom. The van der Waals surface area contributed by atoms with Crippen molar-refractivity contribution in [1.29, 1.82) is 0 Å². The molecule has 26 heavy (non-hydrogen) atoms. The highest BCUT2D eigenvalue weighted by molar-refractivity contribution is 9.12. The molecule has 1 aliphatic rings. The highest BCUT2D eigenvalue weighted by Gasteiger charge is 2.27. The van der Waals surface area contributed by atoms with Crippen molar-refractivity contribution in [3.63, 3.8) is 0 Å². The van der Waals surface area contributed by atoms with Gasteiger partial charge in [-0.3, -0.25) is 4.79 Å². The van der Waals surface area contributed by atoms with Gasteiger partial charge in [-0.1, -0.05) is 30.3 Å². The summed E-state index contributed by atoms with van der Waals surface area (Å²) in [7, 11) is 0. The fraction of sp³-hybridized carbons (Fsp3) is 0.300. The molecule has 0 fully saturated rings. The normalized spacial score (nSPS) is 13.8. The molecular formula is C20H20BrNO3S. The highest BCUT2D eigenvalue weighted by Crippen LogP contribution is 2.39. The average molecular weight is 434 g/mol. The second-order valence-corrected chi connectivity index (χ2v) is 7.95. The number of anilines is 1. The topological polar surface area (TPSA) is 55.4 Å². The fourth-order valence-corrected chi connectivity index (χ4v) is 4.63. The minimum Gasteiger partial charge on any atom is -0.462 e. The van der Waals surface area contributed by atoms with Crippen molar-refractivity contribution < 1.29 is 14.3 Å². The van der Waals surface area contributed by atoms with Crippen molar-refractivity contribution >= 4 is 50.2 Å². The zero-order valence-electron chi connectivity index (χ0n) is 14.5. The molecule has 6 heteroatoms. The Kier molecular flexibility index (Phi) is 6.27. The van der Waals surface area contributed by atoms with Crippen molar-refractivity contribution in [1.82, 2.24) is 0 Å². The Balaban J connectivity index is 1.87. The lowest BCUT2D eigenvalue weighted by Gasteiger charge is -2.12. The molecule has 0 radical (unpaired) electrons. The number of carbonyl (C=O) groups excluding carboxylic acids is 2. The summed E-state index contributed by atoms with van der Waals surface area (Å²) in [5, 5.41) is 3.47. The first kappa shape index (κ1) is 18.9. The number of hydrogen-bond donors (Lipinski definition) is 1. The summed E-state index contributed by atoms with van der Waals surface area (Å²) < 4.78 is 5.63. The summed E-state index contributed by atoms with van der Waals surface area (Å²) in [6.07, 6.45) is 5.73. The minimum atomic E-state index is -0.356. The Morgan fingerprint density at radius 1 is 1.23 bits per heavy atom. The minimum absolute atomic E-state index is 0.280. The van der Waals surface area contributed by atoms with E-state index in [0.29, 0.717) is 21.7 Å². The van der Waals surface area contributed by atoms with Gasteiger partial charge in [-0.25, -0.2) is 4.79 Å². The van der Waals surface area contributed by atoms with Gasteiger partial charge in [0.05, 0.1) is 16.7 Å². The number of carbonyl (C=O) groups is 2. The summed E-state index contributed by atoms with van der Waals surface area (Å²) in [6, 6.07) is 9.59. The van der Waals surface area contributed by atoms with E-state index in [-0.39, 0.29) is 11.9 Å². The largest absolute Gasteiger partial charge is 0.462 e. The van der Waals surface area contributed by atoms with Crippen molar-refractivity contribution in [2.24, 2.45) is 0 Å². The number of esters is 1. The predicted octanol–water partition coefficient (Wildman–Crippen LogP) is 5.18. The second-order valence-electron chi connectivity index (χ2n) is 5.99. The average Bonchev–Trinajstić information content (AvgIpc) is 3.00. The lowest BCUT2D eigenvalue weighted by atomic mass is 9.95. The summed E-state index contributed by atoms with van der Waals surface area (Å²) in [6.45, 7) is 2.10. The molecule has 0 spiro atoms. The molecule has 0 atom stereocenters. The van der Waals surface area contributed by atoms with Crippen LogP contribution in [0.1, 0.15) is 46.1 Å². The van der Waals surface area contributed by atoms with E-state index in [2.05, 4.69) is 21.2 Å². The number of rotatable bonds is 5. The molecule has 0 bridgehead atoms. The van der Waals surface area contributed by atoms with Gasteiger partial charge >= 0.3 is 5.97 Å². The van der Waals surface area contributed by atoms with Gasteiger partial charge in [0.1, 0.15) is 5.00 Å². The van der Waals surface area contributed by atoms with Crippen LogP contribution in [0.25, 0.3) is 6.08 Å². The number of halogens is 1. The zero-order chi connectivity index (χ0) is 18.5. The van der Waals surface area contributed by atoms with Crippen LogP contribution in [0.2, 0.25) is 0 Å². The van der Waals surface area contributed by atoms with Crippen LogP contribution < -0.4 is 5.32 Å². The maximum Gasteiger partial charge on any atom is 0.341 e. The Bertz CT molecular complexity index is 842. The van der Waals surface area contributed by atoms with E-state index in [1.54, 1.807) is 13.0 Å². The molecule has 1 aromatic heterocycles. The summed E-state index contributed by atoms with van der Waals surface area (Å²) in [5.41, 5.74) is 2.49. The first-order valence-corrected chi connectivity index (χ1v) is 10.3. The van der Waals surface area contributed by atoms with E-state index >= 15 is 0 Å². The van der Waals surface area contributed by atoms with E-state index in [9.17, 15) is 9.59 Å². The first-order valence-electron chi connectivity index (χ1n) is 8.65. The molecule has 3 rings (SSSR count). The van der Waals surface area contributed by atoms with Crippen molar-refractivity contribution in [3.05, 3.63) is 56.4 Å². The molecule has 1 heterocycles. The third kappa shape index (κ3) is 4.24. The van der Waals surface area contributed by atoms with Gasteiger partial charge in [0.2, 0.25) is 0 Å². The van der Waals surface area contributed by atoms with Gasteiger partial charge in [0.25, 0.3) is 5.91 Å². The third-order valence-corrected chi connectivity index (χ3v) is 5.98. The van der Waals surface area contributed by atoms with E-state index < -0.39 is 0 Å². The van der Waals surface area contributed by atoms with Crippen molar-refractivity contribution in [2.45, 2.75) is 32.6 Å². The van der Waals surface area contributed by atoms with Crippen LogP contribution in [0.4, 0.5) is 5.00 Å². The van der Waals surface area contributed by atoms with E-state index in [1.165, 1.54) is 16.2 Å². The fourth-order valence-electron chi connectivity index (χ4n) is 3.00. The molecular weight excluding hydrogens is 414 g/mol. The number of benzene rings is 1. The molecule has 1 N–H and O–H groups in total. The van der Waals surface area contributed by atoms with Crippen molar-refractivity contribution in [3.8, 4) is 0 Å². The van der Waals surface area contributed by atoms with Gasteiger partial charge in [-0.15, -0.1) is 11.3 Å². The summed E-state index contributed by atoms with van der Waals surface area (Å²) >= 11 is 4.83. The lowest BCUT2D eigenvalue weighted by molar-refractivity contribution is -0.112. The smallest absolute Gasteiger partial charge is 0.341 e. The summed E-state index contributed by atoms with van der Waals surface area (Å²) in [4.78, 5) is 26.2. The van der Waals surface area contributed by atoms with Crippen LogP contribution in [-0.4, -0.2) is 18.5 Å². The number of amides is 1. The number of fused-ring (bicyclic) bond motifs is 1. The van der Waals surface area contributed by atoms with Gasteiger partial charge in [-0.05, 0) is 65.7 Å². The van der Waals surface area contributed by atoms with Crippen LogP contribution >= 0.6 is 27.3 Å². The zero-order valence-corrected chi connectivity index (χ0v) is 16.9. The molecule has 1 aliphatic carbocycles. The SMILES string of the molecule is CCOC(=O)c1c(NC(=O)C(Br)=Cc2ccccc2)sc2c1CCCC2. The van der Waals surface area contributed by atoms with Gasteiger partial charge in [0.15, 0.2) is 0 Å². The van der Waals surface area contributed by atoms with Crippen LogP contribution in [0.15, 0.2) is 34.8 Å². The second kappa shape index (κ2) is 8.64. The molecule has 0 aliphatic heterocycles. The third-order valence-electron chi connectivity index (χ3n) is 4.19. The van der Waals surface area contributed by atoms with Crippen LogP contribution in [0.3, 0.4) is 0 Å². The molecule has 0 saturated heterocycles. The quantitative estimate of drug-likeness (QED) is 0.521. The maximum absolute atomic E-state index is 12.6. The number of nitrogens with one attached hydrogen (secondary N) is 1. The van der Waals surface area contributed by atoms with Crippen LogP contribution in [0.5, 0.6) is 0 Å². The Morgan fingerprint density at radius 2 is 1.96 bits per heavy atom. The van der Waals surface area contributed by atoms with Crippen molar-refractivity contribution in [2.75, 3.05) is 11.9 Å². The molecule has 0 saturated carbocycles. The van der Waals surface area contributed by atoms with E-state index in [4.69, 9.17) is 4.74 Å². The Hall–Kier alpha value is -1.92. The highest BCUT2D eigenvalue weighted by atomic mass is 79.9. The van der Waals surface area contributed by atoms with E-state index in [1.807, 2.05) is 30.3 Å². The standard InChI is InChI=1S/C20H20BrNO3S/c1-2-25-20(24)17-14-10-6-7-11-16(14)26-19(17)22-18(23)15(21)12-13-8-4-3-5-9-13/h3-5,8-9,12H,2,6-7,10-11H2,1H3,(H,22,23). The molecule has 1 amide bonds. The first-order chi connectivity index (χ1) is 12.6. The van der Waals surface area contributed by atoms with Gasteiger partial charge in [-0.2, -0.15) is 0 Å². The van der Waals surface area contributed by atoms with Crippen LogP contribution in [-0.2, 0) is 22.4 Å². The molecule has 0 unspecified atom stereocenters.